The lowest BCUT2D eigenvalue weighted by atomic mass is 10.1. The van der Waals surface area contributed by atoms with Crippen LogP contribution in [0, 0.1) is 0 Å². The highest BCUT2D eigenvalue weighted by Gasteiger charge is 2.56. The van der Waals surface area contributed by atoms with Gasteiger partial charge in [-0.25, -0.2) is 0 Å². The number of nitrogens with one attached hydrogen (secondary N) is 2. The molecule has 3 rings (SSSR count). The molecule has 0 amide bonds. The molecule has 3 fully saturated rings. The lowest BCUT2D eigenvalue weighted by Crippen LogP contribution is -2.62. The molecule has 3 atom stereocenters. The Hall–Kier alpha value is -0.160. The lowest BCUT2D eigenvalue weighted by molar-refractivity contribution is 0.0121. The minimum absolute atomic E-state index is 0.124. The summed E-state index contributed by atoms with van der Waals surface area (Å²) in [7, 11) is 0. The van der Waals surface area contributed by atoms with E-state index < -0.39 is 0 Å². The van der Waals surface area contributed by atoms with Gasteiger partial charge in [0.15, 0.2) is 0 Å². The van der Waals surface area contributed by atoms with Crippen LogP contribution >= 0.6 is 0 Å². The van der Waals surface area contributed by atoms with Crippen molar-refractivity contribution in [1.82, 2.24) is 15.5 Å². The van der Waals surface area contributed by atoms with Crippen LogP contribution in [0.1, 0.15) is 12.8 Å². The van der Waals surface area contributed by atoms with E-state index in [1.807, 2.05) is 0 Å². The van der Waals surface area contributed by atoms with E-state index in [4.69, 9.17) is 0 Å². The van der Waals surface area contributed by atoms with Crippen LogP contribution in [0.25, 0.3) is 0 Å². The van der Waals surface area contributed by atoms with Crippen LogP contribution < -0.4 is 10.6 Å². The van der Waals surface area contributed by atoms with Crippen molar-refractivity contribution in [3.8, 4) is 0 Å². The monoisotopic (exact) mass is 183 g/mol. The molecule has 0 aliphatic carbocycles. The molecule has 3 heterocycles. The molecule has 3 unspecified atom stereocenters. The first-order chi connectivity index (χ1) is 6.33. The van der Waals surface area contributed by atoms with Crippen molar-refractivity contribution in [1.29, 1.82) is 0 Å². The summed E-state index contributed by atoms with van der Waals surface area (Å²) in [6, 6.07) is 0.278. The standard InChI is InChI=1S/C9H17N3O/c13-8-7-5-11-9(8,6-10-7)12-3-1-2-4-12/h7-8,10-11,13H,1-6H2. The van der Waals surface area contributed by atoms with Crippen LogP contribution in [0.4, 0.5) is 0 Å². The van der Waals surface area contributed by atoms with Crippen LogP contribution in [0.3, 0.4) is 0 Å². The second-order valence-corrected chi connectivity index (χ2v) is 4.43. The molecule has 0 aromatic heterocycles. The number of fused-ring (bicyclic) bond motifs is 2. The molecule has 0 aromatic carbocycles. The van der Waals surface area contributed by atoms with Crippen molar-refractivity contribution >= 4 is 0 Å². The molecule has 4 nitrogen and oxygen atoms in total. The zero-order valence-electron chi connectivity index (χ0n) is 7.79. The van der Waals surface area contributed by atoms with Gasteiger partial charge in [0.2, 0.25) is 0 Å². The van der Waals surface area contributed by atoms with Gasteiger partial charge in [0.05, 0.1) is 0 Å². The number of piperazine rings is 1. The van der Waals surface area contributed by atoms with Gasteiger partial charge in [0.25, 0.3) is 0 Å². The summed E-state index contributed by atoms with van der Waals surface area (Å²) >= 11 is 0. The fourth-order valence-corrected chi connectivity index (χ4v) is 3.00. The summed E-state index contributed by atoms with van der Waals surface area (Å²) in [6.45, 7) is 4.09. The minimum atomic E-state index is -0.217. The van der Waals surface area contributed by atoms with Crippen molar-refractivity contribution < 1.29 is 5.11 Å². The maximum Gasteiger partial charge on any atom is 0.112 e. The molecule has 4 heteroatoms. The highest BCUT2D eigenvalue weighted by molar-refractivity contribution is 5.14. The van der Waals surface area contributed by atoms with Gasteiger partial charge in [0.1, 0.15) is 11.8 Å². The maximum atomic E-state index is 10.1. The SMILES string of the molecule is OC1C2CNC1(N1CCCC1)CN2. The van der Waals surface area contributed by atoms with Gasteiger partial charge in [-0.3, -0.25) is 10.2 Å². The average Bonchev–Trinajstić information content (AvgIpc) is 2.82. The smallest absolute Gasteiger partial charge is 0.112 e. The van der Waals surface area contributed by atoms with Crippen molar-refractivity contribution in [2.45, 2.75) is 30.7 Å². The van der Waals surface area contributed by atoms with Crippen molar-refractivity contribution in [2.75, 3.05) is 26.2 Å². The third kappa shape index (κ3) is 0.944. The molecular formula is C9H17N3O. The second kappa shape index (κ2) is 2.67. The Kier molecular flexibility index (Phi) is 1.68. The highest BCUT2D eigenvalue weighted by atomic mass is 16.3. The van der Waals surface area contributed by atoms with E-state index in [0.29, 0.717) is 0 Å². The number of likely N-dealkylation sites (tertiary alicyclic amines) is 1. The molecule has 0 radical (unpaired) electrons. The van der Waals surface area contributed by atoms with Crippen LogP contribution in [-0.2, 0) is 0 Å². The van der Waals surface area contributed by atoms with E-state index in [0.717, 1.165) is 26.2 Å². The summed E-state index contributed by atoms with van der Waals surface area (Å²) < 4.78 is 0. The number of aliphatic hydroxyl groups is 1. The molecule has 13 heavy (non-hydrogen) atoms. The van der Waals surface area contributed by atoms with Crippen LogP contribution in [0.2, 0.25) is 0 Å². The molecule has 2 bridgehead atoms. The molecule has 3 saturated heterocycles. The largest absolute Gasteiger partial charge is 0.388 e. The van der Waals surface area contributed by atoms with Gasteiger partial charge >= 0.3 is 0 Å². The Balaban J connectivity index is 1.86. The number of hydrogen-bond acceptors (Lipinski definition) is 4. The van der Waals surface area contributed by atoms with Gasteiger partial charge < -0.3 is 10.4 Å². The first-order valence-corrected chi connectivity index (χ1v) is 5.24. The summed E-state index contributed by atoms with van der Waals surface area (Å²) in [6.07, 6.45) is 2.34. The topological polar surface area (TPSA) is 47.5 Å². The van der Waals surface area contributed by atoms with E-state index in [-0.39, 0.29) is 17.8 Å². The molecule has 0 saturated carbocycles. The quantitative estimate of drug-likeness (QED) is 0.473. The molecule has 74 valence electrons. The van der Waals surface area contributed by atoms with Gasteiger partial charge in [0, 0.05) is 32.2 Å². The summed E-state index contributed by atoms with van der Waals surface area (Å²) in [5, 5.41) is 16.9. The zero-order chi connectivity index (χ0) is 8.89. The van der Waals surface area contributed by atoms with Gasteiger partial charge in [-0.15, -0.1) is 0 Å². The number of rotatable bonds is 1. The lowest BCUT2D eigenvalue weighted by Gasteiger charge is -2.38. The molecule has 3 aliphatic heterocycles. The molecular weight excluding hydrogens is 166 g/mol. The number of nitrogens with zero attached hydrogens (tertiary/aromatic N) is 1. The predicted molar refractivity (Wildman–Crippen MR) is 49.3 cm³/mol. The molecule has 3 N–H and O–H groups in total. The first kappa shape index (κ1) is 8.17. The summed E-state index contributed by atoms with van der Waals surface area (Å²) in [5.41, 5.74) is -0.124. The highest BCUT2D eigenvalue weighted by Crippen LogP contribution is 2.32. The maximum absolute atomic E-state index is 10.1. The fraction of sp³-hybridized carbons (Fsp3) is 1.00. The van der Waals surface area contributed by atoms with Crippen molar-refractivity contribution in [3.05, 3.63) is 0 Å². The van der Waals surface area contributed by atoms with Gasteiger partial charge in [-0.2, -0.15) is 0 Å². The van der Waals surface area contributed by atoms with E-state index in [9.17, 15) is 5.11 Å². The predicted octanol–water partition coefficient (Wildman–Crippen LogP) is -1.29. The zero-order valence-corrected chi connectivity index (χ0v) is 7.79. The summed E-state index contributed by atoms with van der Waals surface area (Å²) in [4.78, 5) is 2.41. The number of hydrogen-bond donors (Lipinski definition) is 3. The second-order valence-electron chi connectivity index (χ2n) is 4.43. The van der Waals surface area contributed by atoms with Crippen LogP contribution in [-0.4, -0.2) is 54.0 Å². The number of aliphatic hydroxyl groups excluding tert-OH is 1. The molecule has 3 aliphatic rings. The third-order valence-electron chi connectivity index (χ3n) is 3.80. The molecule has 0 spiro atoms. The van der Waals surface area contributed by atoms with Crippen LogP contribution in [0.15, 0.2) is 0 Å². The third-order valence-corrected chi connectivity index (χ3v) is 3.80. The van der Waals surface area contributed by atoms with Crippen molar-refractivity contribution in [2.24, 2.45) is 0 Å². The van der Waals surface area contributed by atoms with E-state index in [2.05, 4.69) is 15.5 Å². The Labute approximate surface area is 78.3 Å². The average molecular weight is 183 g/mol. The fourth-order valence-electron chi connectivity index (χ4n) is 3.00. The Morgan fingerprint density at radius 3 is 2.54 bits per heavy atom. The van der Waals surface area contributed by atoms with E-state index >= 15 is 0 Å². The molecule has 0 aromatic rings. The Bertz CT molecular complexity index is 207. The first-order valence-electron chi connectivity index (χ1n) is 5.24. The Morgan fingerprint density at radius 2 is 2.08 bits per heavy atom. The van der Waals surface area contributed by atoms with E-state index in [1.165, 1.54) is 12.8 Å². The normalized spacial score (nSPS) is 50.5. The van der Waals surface area contributed by atoms with Gasteiger partial charge in [-0.1, -0.05) is 0 Å². The van der Waals surface area contributed by atoms with Gasteiger partial charge in [-0.05, 0) is 12.8 Å². The Morgan fingerprint density at radius 1 is 1.31 bits per heavy atom. The van der Waals surface area contributed by atoms with Crippen LogP contribution in [0.5, 0.6) is 0 Å². The van der Waals surface area contributed by atoms with Crippen molar-refractivity contribution in [3.63, 3.8) is 0 Å². The summed E-state index contributed by atoms with van der Waals surface area (Å²) in [5.74, 6) is 0. The van der Waals surface area contributed by atoms with E-state index in [1.54, 1.807) is 0 Å². The minimum Gasteiger partial charge on any atom is -0.388 e.